The number of dihydropyridines is 1. The smallest absolute Gasteiger partial charge is 0.234 e. The predicted molar refractivity (Wildman–Crippen MR) is 133 cm³/mol. The van der Waals surface area contributed by atoms with Crippen LogP contribution in [0.25, 0.3) is 0 Å². The van der Waals surface area contributed by atoms with E-state index in [2.05, 4.69) is 16.7 Å². The van der Waals surface area contributed by atoms with Crippen LogP contribution in [0.2, 0.25) is 5.02 Å². The minimum Gasteiger partial charge on any atom is -0.352 e. The fourth-order valence-electron chi connectivity index (χ4n) is 4.35. The number of amides is 1. The molecule has 0 bridgehead atoms. The number of carbonyl (C=O) groups is 2. The number of hydrogen-bond donors (Lipinski definition) is 2. The average Bonchev–Trinajstić information content (AvgIpc) is 2.80. The molecule has 0 aromatic heterocycles. The molecule has 1 aliphatic carbocycles. The number of carbonyl (C=O) groups excluding carboxylic acids is 2. The molecule has 33 heavy (non-hydrogen) atoms. The van der Waals surface area contributed by atoms with Crippen molar-refractivity contribution < 1.29 is 9.59 Å². The molecule has 168 valence electrons. The van der Waals surface area contributed by atoms with Crippen molar-refractivity contribution in [2.24, 2.45) is 0 Å². The van der Waals surface area contributed by atoms with E-state index in [1.807, 2.05) is 44.2 Å². The van der Waals surface area contributed by atoms with E-state index in [0.29, 0.717) is 27.6 Å². The number of anilines is 1. The number of para-hydroxylation sites is 1. The summed E-state index contributed by atoms with van der Waals surface area (Å²) in [5.41, 5.74) is 5.62. The average molecular weight is 478 g/mol. The van der Waals surface area contributed by atoms with Crippen LogP contribution in [0.15, 0.2) is 64.3 Å². The van der Waals surface area contributed by atoms with Gasteiger partial charge in [0.2, 0.25) is 5.91 Å². The summed E-state index contributed by atoms with van der Waals surface area (Å²) in [6.07, 6.45) is 1.98. The van der Waals surface area contributed by atoms with Gasteiger partial charge in [-0.1, -0.05) is 53.7 Å². The first-order valence-corrected chi connectivity index (χ1v) is 12.2. The third-order valence-corrected chi connectivity index (χ3v) is 7.23. The number of nitrogens with one attached hydrogen (secondary N) is 2. The molecule has 2 aromatic carbocycles. The summed E-state index contributed by atoms with van der Waals surface area (Å²) < 4.78 is 0. The van der Waals surface area contributed by atoms with E-state index in [1.54, 1.807) is 12.1 Å². The molecule has 2 N–H and O–H groups in total. The molecule has 2 aromatic rings. The molecule has 2 aliphatic rings. The standard InChI is InChI=1S/C26H24ClN3O2S/c1-15-5-3-6-16(2)25(15)30-22(32)14-33-26-19(13-28)23(17-9-11-18(27)12-10-17)24-20(29-26)7-4-8-21(24)31/h3,5-6,9-12,23,29H,4,7-8,14H2,1-2H3,(H,30,32). The largest absolute Gasteiger partial charge is 0.352 e. The van der Waals surface area contributed by atoms with Gasteiger partial charge in [-0.25, -0.2) is 0 Å². The van der Waals surface area contributed by atoms with Crippen molar-refractivity contribution in [1.82, 2.24) is 5.32 Å². The molecule has 0 saturated carbocycles. The SMILES string of the molecule is Cc1cccc(C)c1NC(=O)CSC1=C(C#N)C(c2ccc(Cl)cc2)C2=C(CCCC2=O)N1. The first kappa shape index (κ1) is 23.2. The molecule has 1 amide bonds. The summed E-state index contributed by atoms with van der Waals surface area (Å²) in [5, 5.41) is 17.6. The van der Waals surface area contributed by atoms with Crippen molar-refractivity contribution >= 4 is 40.7 Å². The van der Waals surface area contributed by atoms with E-state index in [4.69, 9.17) is 11.6 Å². The maximum absolute atomic E-state index is 12.9. The number of aryl methyl sites for hydroxylation is 2. The Morgan fingerprint density at radius 1 is 1.18 bits per heavy atom. The summed E-state index contributed by atoms with van der Waals surface area (Å²) in [7, 11) is 0. The van der Waals surface area contributed by atoms with Gasteiger partial charge in [-0.2, -0.15) is 5.26 Å². The third-order valence-electron chi connectivity index (χ3n) is 5.96. The van der Waals surface area contributed by atoms with Gasteiger partial charge in [0.1, 0.15) is 0 Å². The molecule has 0 spiro atoms. The van der Waals surface area contributed by atoms with Gasteiger partial charge < -0.3 is 10.6 Å². The Hall–Kier alpha value is -3.01. The number of hydrogen-bond acceptors (Lipinski definition) is 5. The summed E-state index contributed by atoms with van der Waals surface area (Å²) in [4.78, 5) is 25.6. The van der Waals surface area contributed by atoms with E-state index < -0.39 is 5.92 Å². The second-order valence-corrected chi connectivity index (χ2v) is 9.66. The summed E-state index contributed by atoms with van der Waals surface area (Å²) in [5.74, 6) is -0.397. The Labute approximate surface area is 202 Å². The van der Waals surface area contributed by atoms with Crippen LogP contribution in [0.3, 0.4) is 0 Å². The monoisotopic (exact) mass is 477 g/mol. The maximum Gasteiger partial charge on any atom is 0.234 e. The highest BCUT2D eigenvalue weighted by Crippen LogP contribution is 2.44. The minimum absolute atomic E-state index is 0.0632. The molecule has 5 nitrogen and oxygen atoms in total. The summed E-state index contributed by atoms with van der Waals surface area (Å²) in [6, 6.07) is 15.4. The van der Waals surface area contributed by atoms with Crippen LogP contribution >= 0.6 is 23.4 Å². The Morgan fingerprint density at radius 2 is 1.88 bits per heavy atom. The Balaban J connectivity index is 1.62. The van der Waals surface area contributed by atoms with Crippen LogP contribution in [0, 0.1) is 25.2 Å². The summed E-state index contributed by atoms with van der Waals surface area (Å²) in [6.45, 7) is 3.92. The van der Waals surface area contributed by atoms with Gasteiger partial charge in [0, 0.05) is 28.4 Å². The molecule has 0 saturated heterocycles. The molecule has 0 fully saturated rings. The van der Waals surface area contributed by atoms with Crippen LogP contribution in [0.4, 0.5) is 5.69 Å². The second-order valence-electron chi connectivity index (χ2n) is 8.24. The lowest BCUT2D eigenvalue weighted by Gasteiger charge is -2.33. The topological polar surface area (TPSA) is 82.0 Å². The molecule has 0 radical (unpaired) electrons. The first-order chi connectivity index (χ1) is 15.9. The minimum atomic E-state index is -0.458. The van der Waals surface area contributed by atoms with Crippen LogP contribution in [0.5, 0.6) is 0 Å². The van der Waals surface area contributed by atoms with E-state index in [0.717, 1.165) is 40.9 Å². The number of halogens is 1. The molecular formula is C26H24ClN3O2S. The van der Waals surface area contributed by atoms with Gasteiger partial charge in [0.25, 0.3) is 0 Å². The number of benzene rings is 2. The molecule has 1 heterocycles. The zero-order chi connectivity index (χ0) is 23.5. The van der Waals surface area contributed by atoms with E-state index in [9.17, 15) is 14.9 Å². The van der Waals surface area contributed by atoms with Gasteiger partial charge in [0.15, 0.2) is 5.78 Å². The maximum atomic E-state index is 12.9. The zero-order valence-electron chi connectivity index (χ0n) is 18.5. The Bertz CT molecular complexity index is 1200. The number of nitriles is 1. The van der Waals surface area contributed by atoms with Gasteiger partial charge >= 0.3 is 0 Å². The van der Waals surface area contributed by atoms with Crippen LogP contribution in [0.1, 0.15) is 41.9 Å². The van der Waals surface area contributed by atoms with Gasteiger partial charge in [-0.15, -0.1) is 0 Å². The molecule has 7 heteroatoms. The predicted octanol–water partition coefficient (Wildman–Crippen LogP) is 5.76. The number of Topliss-reactive ketones (excluding diaryl/α,β-unsaturated/α-hetero) is 1. The van der Waals surface area contributed by atoms with Crippen LogP contribution in [-0.4, -0.2) is 17.4 Å². The van der Waals surface area contributed by atoms with E-state index in [-0.39, 0.29) is 17.4 Å². The highest BCUT2D eigenvalue weighted by Gasteiger charge is 2.37. The molecule has 1 aliphatic heterocycles. The molecule has 1 atom stereocenters. The van der Waals surface area contributed by atoms with Crippen molar-refractivity contribution in [3.05, 3.63) is 86.0 Å². The highest BCUT2D eigenvalue weighted by atomic mass is 35.5. The number of rotatable bonds is 5. The van der Waals surface area contributed by atoms with E-state index in [1.165, 1.54) is 11.8 Å². The molecule has 4 rings (SSSR count). The van der Waals surface area contributed by atoms with Crippen molar-refractivity contribution in [2.45, 2.75) is 39.0 Å². The normalized spacial score (nSPS) is 17.9. The zero-order valence-corrected chi connectivity index (χ0v) is 20.1. The Kier molecular flexibility index (Phi) is 6.92. The fraction of sp³-hybridized carbons (Fsp3) is 0.269. The first-order valence-electron chi connectivity index (χ1n) is 10.8. The van der Waals surface area contributed by atoms with Gasteiger partial charge in [0.05, 0.1) is 28.3 Å². The van der Waals surface area contributed by atoms with E-state index >= 15 is 0 Å². The lowest BCUT2D eigenvalue weighted by atomic mass is 9.77. The molecule has 1 unspecified atom stereocenters. The Morgan fingerprint density at radius 3 is 2.55 bits per heavy atom. The van der Waals surface area contributed by atoms with Crippen molar-refractivity contribution in [2.75, 3.05) is 11.1 Å². The fourth-order valence-corrected chi connectivity index (χ4v) is 5.34. The number of nitrogens with zero attached hydrogens (tertiary/aromatic N) is 1. The van der Waals surface area contributed by atoms with Gasteiger partial charge in [-0.3, -0.25) is 9.59 Å². The van der Waals surface area contributed by atoms with Crippen molar-refractivity contribution in [1.29, 1.82) is 5.26 Å². The quantitative estimate of drug-likeness (QED) is 0.572. The van der Waals surface area contributed by atoms with Crippen molar-refractivity contribution in [3.63, 3.8) is 0 Å². The van der Waals surface area contributed by atoms with Crippen LogP contribution in [-0.2, 0) is 9.59 Å². The second kappa shape index (κ2) is 9.86. The number of thioether (sulfide) groups is 1. The van der Waals surface area contributed by atoms with Crippen LogP contribution < -0.4 is 10.6 Å². The third kappa shape index (κ3) is 4.85. The van der Waals surface area contributed by atoms with Gasteiger partial charge in [-0.05, 0) is 55.5 Å². The molecular weight excluding hydrogens is 454 g/mol. The lowest BCUT2D eigenvalue weighted by Crippen LogP contribution is -2.31. The lowest BCUT2D eigenvalue weighted by molar-refractivity contribution is -0.116. The van der Waals surface area contributed by atoms with Crippen molar-refractivity contribution in [3.8, 4) is 6.07 Å². The highest BCUT2D eigenvalue weighted by molar-refractivity contribution is 8.03. The summed E-state index contributed by atoms with van der Waals surface area (Å²) >= 11 is 7.36. The number of ketones is 1. The number of allylic oxidation sites excluding steroid dienone is 3.